The van der Waals surface area contributed by atoms with Crippen LogP contribution in [0.25, 0.3) is 0 Å². The first-order valence-corrected chi connectivity index (χ1v) is 8.18. The molecule has 2 unspecified atom stereocenters. The molecule has 0 spiro atoms. The Balaban J connectivity index is 2.19. The van der Waals surface area contributed by atoms with Crippen molar-refractivity contribution in [2.75, 3.05) is 13.2 Å². The van der Waals surface area contributed by atoms with E-state index in [0.717, 1.165) is 23.4 Å². The summed E-state index contributed by atoms with van der Waals surface area (Å²) in [6.45, 7) is 7.99. The second-order valence-corrected chi connectivity index (χ2v) is 6.01. The van der Waals surface area contributed by atoms with Crippen molar-refractivity contribution in [3.63, 3.8) is 0 Å². The normalized spacial score (nSPS) is 14.4. The lowest BCUT2D eigenvalue weighted by Crippen LogP contribution is -2.39. The molecule has 2 N–H and O–H groups in total. The SMILES string of the molecule is CCC(CC)C(C)NCC(O)COCc1ccc(Cl)cc1. The highest BCUT2D eigenvalue weighted by molar-refractivity contribution is 6.30. The van der Waals surface area contributed by atoms with Crippen molar-refractivity contribution >= 4 is 11.6 Å². The average Bonchev–Trinajstić information content (AvgIpc) is 2.48. The van der Waals surface area contributed by atoms with E-state index in [4.69, 9.17) is 16.3 Å². The smallest absolute Gasteiger partial charge is 0.0897 e. The van der Waals surface area contributed by atoms with Crippen LogP contribution >= 0.6 is 11.6 Å². The minimum atomic E-state index is -0.478. The fourth-order valence-electron chi connectivity index (χ4n) is 2.44. The van der Waals surface area contributed by atoms with Gasteiger partial charge in [-0.15, -0.1) is 0 Å². The van der Waals surface area contributed by atoms with E-state index in [9.17, 15) is 5.11 Å². The maximum atomic E-state index is 9.94. The monoisotopic (exact) mass is 313 g/mol. The average molecular weight is 314 g/mol. The molecular formula is C17H28ClNO2. The highest BCUT2D eigenvalue weighted by Crippen LogP contribution is 2.12. The van der Waals surface area contributed by atoms with Gasteiger partial charge in [-0.25, -0.2) is 0 Å². The van der Waals surface area contributed by atoms with Gasteiger partial charge in [0.15, 0.2) is 0 Å². The van der Waals surface area contributed by atoms with E-state index in [2.05, 4.69) is 26.1 Å². The quantitative estimate of drug-likeness (QED) is 0.693. The standard InChI is InChI=1S/C17H28ClNO2/c1-4-15(5-2)13(3)19-10-17(20)12-21-11-14-6-8-16(18)9-7-14/h6-9,13,15,17,19-20H,4-5,10-12H2,1-3H3. The molecule has 0 fully saturated rings. The molecule has 4 heteroatoms. The molecular weight excluding hydrogens is 286 g/mol. The van der Waals surface area contributed by atoms with Gasteiger partial charge in [-0.3, -0.25) is 0 Å². The van der Waals surface area contributed by atoms with Crippen molar-refractivity contribution in [1.29, 1.82) is 0 Å². The Morgan fingerprint density at radius 2 is 1.81 bits per heavy atom. The van der Waals surface area contributed by atoms with Crippen LogP contribution in [0.15, 0.2) is 24.3 Å². The van der Waals surface area contributed by atoms with Gasteiger partial charge in [0.05, 0.1) is 19.3 Å². The van der Waals surface area contributed by atoms with Crippen LogP contribution in [0.5, 0.6) is 0 Å². The van der Waals surface area contributed by atoms with Gasteiger partial charge in [0.1, 0.15) is 0 Å². The topological polar surface area (TPSA) is 41.5 Å². The lowest BCUT2D eigenvalue weighted by Gasteiger charge is -2.24. The van der Waals surface area contributed by atoms with Crippen LogP contribution < -0.4 is 5.32 Å². The Labute approximate surface area is 133 Å². The first-order valence-electron chi connectivity index (χ1n) is 7.80. The minimum Gasteiger partial charge on any atom is -0.389 e. The number of hydrogen-bond acceptors (Lipinski definition) is 3. The van der Waals surface area contributed by atoms with E-state index < -0.39 is 6.10 Å². The van der Waals surface area contributed by atoms with Crippen LogP contribution in [-0.4, -0.2) is 30.4 Å². The van der Waals surface area contributed by atoms with Gasteiger partial charge in [-0.05, 0) is 30.5 Å². The van der Waals surface area contributed by atoms with Crippen LogP contribution in [-0.2, 0) is 11.3 Å². The Hall–Kier alpha value is -0.610. The van der Waals surface area contributed by atoms with Crippen molar-refractivity contribution in [1.82, 2.24) is 5.32 Å². The molecule has 0 saturated carbocycles. The fourth-order valence-corrected chi connectivity index (χ4v) is 2.56. The van der Waals surface area contributed by atoms with E-state index >= 15 is 0 Å². The molecule has 0 heterocycles. The zero-order valence-corrected chi connectivity index (χ0v) is 14.1. The van der Waals surface area contributed by atoms with Gasteiger partial charge >= 0.3 is 0 Å². The number of rotatable bonds is 10. The van der Waals surface area contributed by atoms with Gasteiger partial charge in [0, 0.05) is 17.6 Å². The summed E-state index contributed by atoms with van der Waals surface area (Å²) >= 11 is 5.83. The highest BCUT2D eigenvalue weighted by atomic mass is 35.5. The Bertz CT molecular complexity index is 379. The first-order chi connectivity index (χ1) is 10.1. The van der Waals surface area contributed by atoms with Crippen molar-refractivity contribution in [3.05, 3.63) is 34.9 Å². The van der Waals surface area contributed by atoms with Crippen LogP contribution in [0, 0.1) is 5.92 Å². The third-order valence-electron chi connectivity index (χ3n) is 3.92. The van der Waals surface area contributed by atoms with E-state index in [1.54, 1.807) is 0 Å². The van der Waals surface area contributed by atoms with E-state index in [0.29, 0.717) is 31.7 Å². The maximum absolute atomic E-state index is 9.94. The van der Waals surface area contributed by atoms with Gasteiger partial charge in [-0.2, -0.15) is 0 Å². The zero-order chi connectivity index (χ0) is 15.7. The number of aliphatic hydroxyl groups is 1. The predicted molar refractivity (Wildman–Crippen MR) is 88.7 cm³/mol. The summed E-state index contributed by atoms with van der Waals surface area (Å²) < 4.78 is 5.53. The number of benzene rings is 1. The summed E-state index contributed by atoms with van der Waals surface area (Å²) in [5, 5.41) is 14.1. The van der Waals surface area contributed by atoms with Crippen LogP contribution in [0.1, 0.15) is 39.2 Å². The summed E-state index contributed by atoms with van der Waals surface area (Å²) in [6, 6.07) is 7.97. The van der Waals surface area contributed by atoms with E-state index in [-0.39, 0.29) is 0 Å². The van der Waals surface area contributed by atoms with Crippen LogP contribution in [0.3, 0.4) is 0 Å². The second-order valence-electron chi connectivity index (χ2n) is 5.57. The number of halogens is 1. The summed E-state index contributed by atoms with van der Waals surface area (Å²) in [7, 11) is 0. The van der Waals surface area contributed by atoms with Crippen LogP contribution in [0.4, 0.5) is 0 Å². The van der Waals surface area contributed by atoms with Crippen molar-refractivity contribution in [3.8, 4) is 0 Å². The Morgan fingerprint density at radius 3 is 2.38 bits per heavy atom. The molecule has 0 aliphatic rings. The summed E-state index contributed by atoms with van der Waals surface area (Å²) in [5.74, 6) is 0.659. The minimum absolute atomic E-state index is 0.339. The van der Waals surface area contributed by atoms with Gasteiger partial charge in [-0.1, -0.05) is 50.4 Å². The molecule has 0 radical (unpaired) electrons. The highest BCUT2D eigenvalue weighted by Gasteiger charge is 2.14. The van der Waals surface area contributed by atoms with Crippen LogP contribution in [0.2, 0.25) is 5.02 Å². The van der Waals surface area contributed by atoms with Crippen molar-refractivity contribution in [2.24, 2.45) is 5.92 Å². The molecule has 0 aliphatic heterocycles. The zero-order valence-electron chi connectivity index (χ0n) is 13.3. The molecule has 0 aromatic heterocycles. The number of aliphatic hydroxyl groups excluding tert-OH is 1. The molecule has 1 aromatic carbocycles. The fraction of sp³-hybridized carbons (Fsp3) is 0.647. The molecule has 3 nitrogen and oxygen atoms in total. The maximum Gasteiger partial charge on any atom is 0.0897 e. The number of nitrogens with one attached hydrogen (secondary N) is 1. The largest absolute Gasteiger partial charge is 0.389 e. The molecule has 0 amide bonds. The second kappa shape index (κ2) is 10.2. The molecule has 0 saturated heterocycles. The molecule has 120 valence electrons. The molecule has 2 atom stereocenters. The molecule has 0 aliphatic carbocycles. The van der Waals surface area contributed by atoms with Gasteiger partial charge in [0.2, 0.25) is 0 Å². The Kier molecular flexibility index (Phi) is 8.93. The molecule has 1 aromatic rings. The molecule has 21 heavy (non-hydrogen) atoms. The molecule has 1 rings (SSSR count). The third kappa shape index (κ3) is 7.28. The van der Waals surface area contributed by atoms with Crippen molar-refractivity contribution < 1.29 is 9.84 Å². The predicted octanol–water partition coefficient (Wildman–Crippen LogP) is 3.63. The number of ether oxygens (including phenoxy) is 1. The lowest BCUT2D eigenvalue weighted by molar-refractivity contribution is 0.0269. The Morgan fingerprint density at radius 1 is 1.19 bits per heavy atom. The summed E-state index contributed by atoms with van der Waals surface area (Å²) in [6.07, 6.45) is 1.84. The number of hydrogen-bond donors (Lipinski definition) is 2. The van der Waals surface area contributed by atoms with Gasteiger partial charge in [0.25, 0.3) is 0 Å². The summed E-state index contributed by atoms with van der Waals surface area (Å²) in [5.41, 5.74) is 1.06. The summed E-state index contributed by atoms with van der Waals surface area (Å²) in [4.78, 5) is 0. The van der Waals surface area contributed by atoms with E-state index in [1.165, 1.54) is 0 Å². The third-order valence-corrected chi connectivity index (χ3v) is 4.18. The first kappa shape index (κ1) is 18.4. The van der Waals surface area contributed by atoms with Gasteiger partial charge < -0.3 is 15.2 Å². The van der Waals surface area contributed by atoms with Crippen molar-refractivity contribution in [2.45, 2.75) is 52.4 Å². The van der Waals surface area contributed by atoms with E-state index in [1.807, 2.05) is 24.3 Å². The lowest BCUT2D eigenvalue weighted by atomic mass is 9.95. The molecule has 0 bridgehead atoms.